The van der Waals surface area contributed by atoms with Crippen LogP contribution in [0.4, 0.5) is 5.69 Å². The van der Waals surface area contributed by atoms with Crippen molar-refractivity contribution in [2.75, 3.05) is 5.32 Å². The number of benzene rings is 3. The fourth-order valence-corrected chi connectivity index (χ4v) is 3.33. The predicted octanol–water partition coefficient (Wildman–Crippen LogP) is 6.14. The Morgan fingerprint density at radius 1 is 0.821 bits per heavy atom. The van der Waals surface area contributed by atoms with E-state index in [0.717, 1.165) is 0 Å². The van der Waals surface area contributed by atoms with E-state index in [0.29, 0.717) is 31.9 Å². The van der Waals surface area contributed by atoms with Gasteiger partial charge in [0.1, 0.15) is 5.75 Å². The number of carbonyl (C=O) groups excluding carboxylic acids is 2. The predicted molar refractivity (Wildman–Crippen MR) is 112 cm³/mol. The highest BCUT2D eigenvalue weighted by Crippen LogP contribution is 2.28. The van der Waals surface area contributed by atoms with Gasteiger partial charge in [0.15, 0.2) is 5.78 Å². The molecule has 142 valence electrons. The van der Waals surface area contributed by atoms with Gasteiger partial charge in [0.25, 0.3) is 5.91 Å². The average molecular weight is 435 g/mol. The second-order valence-electron chi connectivity index (χ2n) is 6.14. The third-order valence-corrected chi connectivity index (χ3v) is 4.72. The zero-order chi connectivity index (χ0) is 20.4. The molecule has 0 fully saturated rings. The maximum atomic E-state index is 12.8. The summed E-state index contributed by atoms with van der Waals surface area (Å²) in [7, 11) is 0. The first kappa shape index (κ1) is 20.2. The van der Waals surface area contributed by atoms with E-state index in [-0.39, 0.29) is 22.7 Å². The molecule has 0 bridgehead atoms. The number of anilines is 1. The summed E-state index contributed by atoms with van der Waals surface area (Å²) in [6.07, 6.45) is 0. The molecule has 0 heterocycles. The Hall–Kier alpha value is -2.53. The maximum Gasteiger partial charge on any atom is 0.259 e. The highest BCUT2D eigenvalue weighted by molar-refractivity contribution is 6.35. The molecule has 3 aromatic rings. The van der Waals surface area contributed by atoms with Gasteiger partial charge in [-0.2, -0.15) is 0 Å². The van der Waals surface area contributed by atoms with Crippen LogP contribution in [-0.2, 0) is 0 Å². The lowest BCUT2D eigenvalue weighted by atomic mass is 9.97. The second-order valence-corrected chi connectivity index (χ2v) is 7.45. The van der Waals surface area contributed by atoms with E-state index in [9.17, 15) is 14.7 Å². The molecule has 3 rings (SSSR count). The minimum Gasteiger partial charge on any atom is -0.507 e. The smallest absolute Gasteiger partial charge is 0.259 e. The molecule has 2 N–H and O–H groups in total. The lowest BCUT2D eigenvalue weighted by Crippen LogP contribution is -2.14. The van der Waals surface area contributed by atoms with Crippen LogP contribution >= 0.6 is 34.8 Å². The SMILES string of the molecule is Cc1cc(C(=O)c2ccc(Cl)cc2)cc(C(=O)Nc2cc(Cl)cc(Cl)c2)c1O. The van der Waals surface area contributed by atoms with Crippen molar-refractivity contribution in [3.8, 4) is 5.75 Å². The van der Waals surface area contributed by atoms with Crippen molar-refractivity contribution in [2.24, 2.45) is 0 Å². The molecule has 28 heavy (non-hydrogen) atoms. The number of amides is 1. The molecule has 0 saturated heterocycles. The number of ketones is 1. The summed E-state index contributed by atoms with van der Waals surface area (Å²) in [5.74, 6) is -1.09. The molecule has 0 radical (unpaired) electrons. The van der Waals surface area contributed by atoms with Crippen molar-refractivity contribution < 1.29 is 14.7 Å². The van der Waals surface area contributed by atoms with Crippen LogP contribution in [0.25, 0.3) is 0 Å². The largest absolute Gasteiger partial charge is 0.507 e. The van der Waals surface area contributed by atoms with Gasteiger partial charge in [-0.3, -0.25) is 9.59 Å². The number of carbonyl (C=O) groups is 2. The van der Waals surface area contributed by atoms with Gasteiger partial charge in [-0.15, -0.1) is 0 Å². The summed E-state index contributed by atoms with van der Waals surface area (Å²) < 4.78 is 0. The van der Waals surface area contributed by atoms with E-state index in [1.54, 1.807) is 31.2 Å². The fraction of sp³-hybridized carbons (Fsp3) is 0.0476. The normalized spacial score (nSPS) is 10.6. The molecule has 0 aliphatic rings. The Kier molecular flexibility index (Phi) is 5.94. The minimum atomic E-state index is -0.593. The Labute approximate surface area is 176 Å². The molecule has 0 atom stereocenters. The molecule has 0 spiro atoms. The van der Waals surface area contributed by atoms with Crippen molar-refractivity contribution in [1.29, 1.82) is 0 Å². The molecular weight excluding hydrogens is 421 g/mol. The standard InChI is InChI=1S/C21H14Cl3NO3/c1-11-6-13(20(27)12-2-4-14(22)5-3-12)7-18(19(11)26)21(28)25-17-9-15(23)8-16(24)10-17/h2-10,26H,1H3,(H,25,28). The first-order chi connectivity index (χ1) is 13.2. The lowest BCUT2D eigenvalue weighted by molar-refractivity contribution is 0.102. The Balaban J connectivity index is 1.95. The van der Waals surface area contributed by atoms with E-state index in [1.165, 1.54) is 30.3 Å². The van der Waals surface area contributed by atoms with E-state index >= 15 is 0 Å². The van der Waals surface area contributed by atoms with Gasteiger partial charge in [-0.05, 0) is 67.1 Å². The van der Waals surface area contributed by atoms with Gasteiger partial charge in [0.2, 0.25) is 0 Å². The molecule has 0 aliphatic carbocycles. The van der Waals surface area contributed by atoms with E-state index in [4.69, 9.17) is 34.8 Å². The highest BCUT2D eigenvalue weighted by atomic mass is 35.5. The average Bonchev–Trinajstić information content (AvgIpc) is 2.63. The topological polar surface area (TPSA) is 66.4 Å². The molecule has 0 unspecified atom stereocenters. The molecule has 4 nitrogen and oxygen atoms in total. The number of halogens is 3. The van der Waals surface area contributed by atoms with Crippen LogP contribution in [0, 0.1) is 6.92 Å². The molecule has 0 aromatic heterocycles. The first-order valence-electron chi connectivity index (χ1n) is 8.16. The van der Waals surface area contributed by atoms with Crippen LogP contribution in [-0.4, -0.2) is 16.8 Å². The van der Waals surface area contributed by atoms with E-state index in [1.807, 2.05) is 0 Å². The summed E-state index contributed by atoms with van der Waals surface area (Å²) >= 11 is 17.7. The van der Waals surface area contributed by atoms with Gasteiger partial charge in [-0.1, -0.05) is 34.8 Å². The summed E-state index contributed by atoms with van der Waals surface area (Å²) in [4.78, 5) is 25.4. The molecule has 0 saturated carbocycles. The van der Waals surface area contributed by atoms with Crippen LogP contribution in [0.3, 0.4) is 0 Å². The number of aromatic hydroxyl groups is 1. The summed E-state index contributed by atoms with van der Waals surface area (Å²) in [6.45, 7) is 1.61. The second kappa shape index (κ2) is 8.23. The quantitative estimate of drug-likeness (QED) is 0.484. The summed E-state index contributed by atoms with van der Waals surface area (Å²) in [6, 6.07) is 13.9. The first-order valence-corrected chi connectivity index (χ1v) is 9.29. The zero-order valence-electron chi connectivity index (χ0n) is 14.6. The molecule has 1 amide bonds. The van der Waals surface area contributed by atoms with Crippen LogP contribution < -0.4 is 5.32 Å². The van der Waals surface area contributed by atoms with Gasteiger partial charge < -0.3 is 10.4 Å². The third kappa shape index (κ3) is 4.47. The number of phenolic OH excluding ortho intramolecular Hbond substituents is 1. The molecule has 7 heteroatoms. The Bertz CT molecular complexity index is 1060. The number of nitrogens with one attached hydrogen (secondary N) is 1. The number of hydrogen-bond donors (Lipinski definition) is 2. The molecular formula is C21H14Cl3NO3. The summed E-state index contributed by atoms with van der Waals surface area (Å²) in [5, 5.41) is 14.2. The number of phenols is 1. The monoisotopic (exact) mass is 433 g/mol. The van der Waals surface area contributed by atoms with Gasteiger partial charge in [-0.25, -0.2) is 0 Å². The van der Waals surface area contributed by atoms with Crippen LogP contribution in [0.15, 0.2) is 54.6 Å². The van der Waals surface area contributed by atoms with Crippen LogP contribution in [0.1, 0.15) is 31.8 Å². The van der Waals surface area contributed by atoms with Gasteiger partial charge in [0.05, 0.1) is 5.56 Å². The Morgan fingerprint density at radius 3 is 2.04 bits per heavy atom. The van der Waals surface area contributed by atoms with Gasteiger partial charge in [0, 0.05) is 31.9 Å². The van der Waals surface area contributed by atoms with Crippen molar-refractivity contribution in [2.45, 2.75) is 6.92 Å². The number of hydrogen-bond acceptors (Lipinski definition) is 3. The van der Waals surface area contributed by atoms with Crippen molar-refractivity contribution in [3.63, 3.8) is 0 Å². The van der Waals surface area contributed by atoms with E-state index < -0.39 is 5.91 Å². The Morgan fingerprint density at radius 2 is 1.43 bits per heavy atom. The highest BCUT2D eigenvalue weighted by Gasteiger charge is 2.19. The van der Waals surface area contributed by atoms with Crippen LogP contribution in [0.5, 0.6) is 5.75 Å². The third-order valence-electron chi connectivity index (χ3n) is 4.03. The van der Waals surface area contributed by atoms with Crippen molar-refractivity contribution in [1.82, 2.24) is 0 Å². The number of rotatable bonds is 4. The number of aryl methyl sites for hydroxylation is 1. The summed E-state index contributed by atoms with van der Waals surface area (Å²) in [5.41, 5.74) is 1.42. The maximum absolute atomic E-state index is 12.8. The van der Waals surface area contributed by atoms with Crippen molar-refractivity contribution >= 4 is 52.2 Å². The molecule has 3 aromatic carbocycles. The van der Waals surface area contributed by atoms with Crippen molar-refractivity contribution in [3.05, 3.63) is 91.9 Å². The molecule has 0 aliphatic heterocycles. The fourth-order valence-electron chi connectivity index (χ4n) is 2.68. The zero-order valence-corrected chi connectivity index (χ0v) is 16.9. The van der Waals surface area contributed by atoms with Gasteiger partial charge >= 0.3 is 0 Å². The lowest BCUT2D eigenvalue weighted by Gasteiger charge is -2.12. The minimum absolute atomic E-state index is 0.0339. The van der Waals surface area contributed by atoms with Crippen LogP contribution in [0.2, 0.25) is 15.1 Å². The van der Waals surface area contributed by atoms with E-state index in [2.05, 4.69) is 5.32 Å².